The van der Waals surface area contributed by atoms with Gasteiger partial charge in [-0.3, -0.25) is 0 Å². The highest BCUT2D eigenvalue weighted by Gasteiger charge is 2.24. The average Bonchev–Trinajstić information content (AvgIpc) is 2.80. The minimum atomic E-state index is 0.360. The molecule has 3 rings (SSSR count). The Morgan fingerprint density at radius 1 is 1.40 bits per heavy atom. The van der Waals surface area contributed by atoms with Crippen molar-refractivity contribution in [3.8, 4) is 0 Å². The van der Waals surface area contributed by atoms with Crippen molar-refractivity contribution in [2.75, 3.05) is 0 Å². The molecular weight excluding hydrogens is 445 g/mol. The van der Waals surface area contributed by atoms with Gasteiger partial charge >= 0.3 is 0 Å². The number of halogens is 2. The van der Waals surface area contributed by atoms with E-state index in [4.69, 9.17) is 0 Å². The highest BCUT2D eigenvalue weighted by molar-refractivity contribution is 14.1. The maximum Gasteiger partial charge on any atom is 0.0659 e. The Balaban J connectivity index is 1.80. The van der Waals surface area contributed by atoms with E-state index in [0.717, 1.165) is 0 Å². The van der Waals surface area contributed by atoms with Crippen LogP contribution in [0, 0.1) is 2.88 Å². The fraction of sp³-hybridized carbons (Fsp3) is 0.375. The molecule has 2 atom stereocenters. The normalized spacial score (nSPS) is 19.6. The van der Waals surface area contributed by atoms with Crippen molar-refractivity contribution in [1.82, 2.24) is 5.32 Å². The van der Waals surface area contributed by atoms with E-state index in [1.165, 1.54) is 37.7 Å². The molecule has 0 saturated heterocycles. The smallest absolute Gasteiger partial charge is 0.0659 e. The van der Waals surface area contributed by atoms with Crippen molar-refractivity contribution in [2.24, 2.45) is 0 Å². The van der Waals surface area contributed by atoms with Crippen LogP contribution in [0.15, 0.2) is 34.8 Å². The fourth-order valence-corrected chi connectivity index (χ4v) is 5.66. The van der Waals surface area contributed by atoms with E-state index in [9.17, 15) is 0 Å². The largest absolute Gasteiger partial charge is 0.303 e. The Kier molecular flexibility index (Phi) is 4.85. The van der Waals surface area contributed by atoms with Gasteiger partial charge in [0.15, 0.2) is 0 Å². The van der Waals surface area contributed by atoms with Crippen LogP contribution in [0.3, 0.4) is 0 Å². The molecule has 1 heterocycles. The second kappa shape index (κ2) is 6.46. The first-order valence-electron chi connectivity index (χ1n) is 6.93. The summed E-state index contributed by atoms with van der Waals surface area (Å²) in [6.45, 7) is 2.26. The van der Waals surface area contributed by atoms with E-state index in [-0.39, 0.29) is 0 Å². The highest BCUT2D eigenvalue weighted by atomic mass is 127. The molecule has 1 aromatic heterocycles. The van der Waals surface area contributed by atoms with Gasteiger partial charge in [-0.1, -0.05) is 34.1 Å². The Bertz CT molecular complexity index is 610. The number of hydrogen-bond donors (Lipinski definition) is 1. The van der Waals surface area contributed by atoms with Gasteiger partial charge in [0.25, 0.3) is 0 Å². The SMILES string of the molecule is CC(NC1CCCc2sc(I)cc21)c1ccccc1Br. The number of fused-ring (bicyclic) bond motifs is 1. The predicted octanol–water partition coefficient (Wildman–Crippen LogP) is 5.84. The number of hydrogen-bond acceptors (Lipinski definition) is 2. The molecule has 20 heavy (non-hydrogen) atoms. The first kappa shape index (κ1) is 15.0. The Labute approximate surface area is 146 Å². The zero-order chi connectivity index (χ0) is 14.1. The second-order valence-electron chi connectivity index (χ2n) is 5.28. The van der Waals surface area contributed by atoms with Gasteiger partial charge in [0.05, 0.1) is 2.88 Å². The molecule has 0 radical (unpaired) electrons. The minimum absolute atomic E-state index is 0.360. The van der Waals surface area contributed by atoms with E-state index in [2.05, 4.69) is 81.1 Å². The van der Waals surface area contributed by atoms with Crippen LogP contribution in [0.1, 0.15) is 47.9 Å². The molecule has 0 amide bonds. The molecule has 1 N–H and O–H groups in total. The van der Waals surface area contributed by atoms with Crippen LogP contribution >= 0.6 is 49.9 Å². The summed E-state index contributed by atoms with van der Waals surface area (Å²) in [4.78, 5) is 1.58. The van der Waals surface area contributed by atoms with Crippen molar-refractivity contribution in [3.63, 3.8) is 0 Å². The van der Waals surface area contributed by atoms with Crippen LogP contribution < -0.4 is 5.32 Å². The average molecular weight is 462 g/mol. The number of benzene rings is 1. The van der Waals surface area contributed by atoms with Crippen molar-refractivity contribution in [3.05, 3.63) is 53.7 Å². The third-order valence-corrected chi connectivity index (χ3v) is 6.60. The molecule has 4 heteroatoms. The summed E-state index contributed by atoms with van der Waals surface area (Å²) in [5.74, 6) is 0. The molecule has 1 nitrogen and oxygen atoms in total. The van der Waals surface area contributed by atoms with Gasteiger partial charge in [0, 0.05) is 21.4 Å². The summed E-state index contributed by atoms with van der Waals surface area (Å²) in [5, 5.41) is 3.82. The summed E-state index contributed by atoms with van der Waals surface area (Å²) in [7, 11) is 0. The van der Waals surface area contributed by atoms with Gasteiger partial charge in [0.1, 0.15) is 0 Å². The first-order chi connectivity index (χ1) is 9.65. The van der Waals surface area contributed by atoms with Gasteiger partial charge in [-0.25, -0.2) is 0 Å². The second-order valence-corrected chi connectivity index (χ2v) is 9.17. The van der Waals surface area contributed by atoms with E-state index in [1.54, 1.807) is 4.88 Å². The monoisotopic (exact) mass is 461 g/mol. The number of thiophene rings is 1. The van der Waals surface area contributed by atoms with Crippen molar-refractivity contribution < 1.29 is 0 Å². The van der Waals surface area contributed by atoms with Crippen LogP contribution in [0.4, 0.5) is 0 Å². The molecule has 2 unspecified atom stereocenters. The molecule has 106 valence electrons. The third-order valence-electron chi connectivity index (χ3n) is 3.91. The fourth-order valence-electron chi connectivity index (χ4n) is 2.91. The summed E-state index contributed by atoms with van der Waals surface area (Å²) >= 11 is 8.06. The maximum absolute atomic E-state index is 3.82. The molecule has 1 aliphatic rings. The number of rotatable bonds is 3. The van der Waals surface area contributed by atoms with Crippen LogP contribution in [-0.2, 0) is 6.42 Å². The lowest BCUT2D eigenvalue weighted by atomic mass is 9.93. The van der Waals surface area contributed by atoms with E-state index in [0.29, 0.717) is 12.1 Å². The highest BCUT2D eigenvalue weighted by Crippen LogP contribution is 2.37. The number of aryl methyl sites for hydroxylation is 1. The Morgan fingerprint density at radius 2 is 2.20 bits per heavy atom. The van der Waals surface area contributed by atoms with Gasteiger partial charge in [-0.2, -0.15) is 0 Å². The van der Waals surface area contributed by atoms with Gasteiger partial charge in [0.2, 0.25) is 0 Å². The lowest BCUT2D eigenvalue weighted by molar-refractivity contribution is 0.417. The lowest BCUT2D eigenvalue weighted by Crippen LogP contribution is -2.27. The summed E-state index contributed by atoms with van der Waals surface area (Å²) in [5.41, 5.74) is 2.87. The van der Waals surface area contributed by atoms with E-state index < -0.39 is 0 Å². The van der Waals surface area contributed by atoms with Crippen LogP contribution in [-0.4, -0.2) is 0 Å². The lowest BCUT2D eigenvalue weighted by Gasteiger charge is -2.27. The first-order valence-corrected chi connectivity index (χ1v) is 9.62. The topological polar surface area (TPSA) is 12.0 Å². The zero-order valence-corrected chi connectivity index (χ0v) is 15.9. The molecule has 0 bridgehead atoms. The third kappa shape index (κ3) is 3.13. The van der Waals surface area contributed by atoms with Gasteiger partial charge in [-0.15, -0.1) is 11.3 Å². The summed E-state index contributed by atoms with van der Waals surface area (Å²) in [6.07, 6.45) is 3.79. The Hall–Kier alpha value is 0.0900. The van der Waals surface area contributed by atoms with Crippen molar-refractivity contribution >= 4 is 49.9 Å². The van der Waals surface area contributed by atoms with E-state index in [1.807, 2.05) is 11.3 Å². The van der Waals surface area contributed by atoms with E-state index >= 15 is 0 Å². The van der Waals surface area contributed by atoms with Gasteiger partial charge in [-0.05, 0) is 72.0 Å². The minimum Gasteiger partial charge on any atom is -0.303 e. The molecule has 2 aromatic rings. The standard InChI is InChI=1S/C16H17BrINS/c1-10(11-5-2-3-6-13(11)17)19-14-7-4-8-15-12(14)9-16(18)20-15/h2-3,5-6,9-10,14,19H,4,7-8H2,1H3. The summed E-state index contributed by atoms with van der Waals surface area (Å²) in [6, 6.07) is 11.7. The Morgan fingerprint density at radius 3 is 3.00 bits per heavy atom. The van der Waals surface area contributed by atoms with Gasteiger partial charge < -0.3 is 5.32 Å². The molecule has 1 aliphatic carbocycles. The number of nitrogens with one attached hydrogen (secondary N) is 1. The quantitative estimate of drug-likeness (QED) is 0.566. The maximum atomic E-state index is 3.82. The predicted molar refractivity (Wildman–Crippen MR) is 98.4 cm³/mol. The molecule has 0 spiro atoms. The van der Waals surface area contributed by atoms with Crippen LogP contribution in [0.25, 0.3) is 0 Å². The van der Waals surface area contributed by atoms with Crippen molar-refractivity contribution in [1.29, 1.82) is 0 Å². The van der Waals surface area contributed by atoms with Crippen LogP contribution in [0.5, 0.6) is 0 Å². The molecular formula is C16H17BrINS. The molecule has 0 fully saturated rings. The van der Waals surface area contributed by atoms with Crippen LogP contribution in [0.2, 0.25) is 0 Å². The molecule has 0 saturated carbocycles. The molecule has 1 aromatic carbocycles. The zero-order valence-electron chi connectivity index (χ0n) is 11.3. The molecule has 0 aliphatic heterocycles. The summed E-state index contributed by atoms with van der Waals surface area (Å²) < 4.78 is 2.60. The van der Waals surface area contributed by atoms with Crippen molar-refractivity contribution in [2.45, 2.75) is 38.3 Å².